The van der Waals surface area contributed by atoms with E-state index < -0.39 is 5.97 Å². The van der Waals surface area contributed by atoms with Crippen molar-refractivity contribution in [1.82, 2.24) is 9.97 Å². The number of aromatic carboxylic acids is 1. The largest absolute Gasteiger partial charge is 0.478 e. The van der Waals surface area contributed by atoms with Gasteiger partial charge in [0.15, 0.2) is 0 Å². The smallest absolute Gasteiger partial charge is 0.339 e. The van der Waals surface area contributed by atoms with Gasteiger partial charge in [0.25, 0.3) is 0 Å². The Kier molecular flexibility index (Phi) is 2.92. The zero-order chi connectivity index (χ0) is 9.84. The Morgan fingerprint density at radius 3 is 2.92 bits per heavy atom. The van der Waals surface area contributed by atoms with Crippen LogP contribution in [0.3, 0.4) is 0 Å². The average Bonchev–Trinajstić information content (AvgIpc) is 2.04. The molecular formula is C8H10N2O3. The van der Waals surface area contributed by atoms with Crippen LogP contribution in [0.1, 0.15) is 21.9 Å². The van der Waals surface area contributed by atoms with E-state index in [9.17, 15) is 4.79 Å². The standard InChI is InChI=1S/C8H10N2O3/c1-5-9-3-6(8(11)12)7(10-5)4-13-2/h3H,4H2,1-2H3,(H,11,12). The van der Waals surface area contributed by atoms with E-state index in [0.29, 0.717) is 11.5 Å². The molecule has 5 heteroatoms. The lowest BCUT2D eigenvalue weighted by Gasteiger charge is -2.03. The molecule has 0 atom stereocenters. The summed E-state index contributed by atoms with van der Waals surface area (Å²) < 4.78 is 4.82. The van der Waals surface area contributed by atoms with Crippen LogP contribution in [0.2, 0.25) is 0 Å². The summed E-state index contributed by atoms with van der Waals surface area (Å²) in [5.41, 5.74) is 0.495. The molecule has 0 unspecified atom stereocenters. The molecule has 5 nitrogen and oxygen atoms in total. The van der Waals surface area contributed by atoms with Crippen LogP contribution in [0, 0.1) is 6.92 Å². The Labute approximate surface area is 75.4 Å². The molecular weight excluding hydrogens is 172 g/mol. The van der Waals surface area contributed by atoms with Crippen LogP contribution in [-0.2, 0) is 11.3 Å². The second-order valence-electron chi connectivity index (χ2n) is 2.52. The number of rotatable bonds is 3. The Balaban J connectivity index is 3.10. The molecule has 1 rings (SSSR count). The molecule has 0 aromatic carbocycles. The van der Waals surface area contributed by atoms with E-state index in [0.717, 1.165) is 0 Å². The second kappa shape index (κ2) is 3.95. The average molecular weight is 182 g/mol. The molecule has 0 saturated carbocycles. The first-order valence-corrected chi connectivity index (χ1v) is 3.70. The molecule has 1 aromatic rings. The maximum absolute atomic E-state index is 10.7. The first kappa shape index (κ1) is 9.60. The zero-order valence-electron chi connectivity index (χ0n) is 7.44. The van der Waals surface area contributed by atoms with Gasteiger partial charge in [0, 0.05) is 13.3 Å². The van der Waals surface area contributed by atoms with E-state index in [4.69, 9.17) is 9.84 Å². The Hall–Kier alpha value is -1.49. The summed E-state index contributed by atoms with van der Waals surface area (Å²) >= 11 is 0. The minimum atomic E-state index is -1.04. The van der Waals surface area contributed by atoms with E-state index >= 15 is 0 Å². The molecule has 13 heavy (non-hydrogen) atoms. The van der Waals surface area contributed by atoms with E-state index in [2.05, 4.69) is 9.97 Å². The van der Waals surface area contributed by atoms with Crippen molar-refractivity contribution < 1.29 is 14.6 Å². The number of hydrogen-bond acceptors (Lipinski definition) is 4. The molecule has 0 aliphatic rings. The van der Waals surface area contributed by atoms with Crippen molar-refractivity contribution in [2.45, 2.75) is 13.5 Å². The van der Waals surface area contributed by atoms with Crippen molar-refractivity contribution in [3.05, 3.63) is 23.3 Å². The number of aromatic nitrogens is 2. The number of methoxy groups -OCH3 is 1. The number of nitrogens with zero attached hydrogens (tertiary/aromatic N) is 2. The molecule has 1 heterocycles. The monoisotopic (exact) mass is 182 g/mol. The molecule has 0 saturated heterocycles. The summed E-state index contributed by atoms with van der Waals surface area (Å²) in [4.78, 5) is 18.4. The highest BCUT2D eigenvalue weighted by Gasteiger charge is 2.11. The minimum Gasteiger partial charge on any atom is -0.478 e. The normalized spacial score (nSPS) is 10.0. The predicted octanol–water partition coefficient (Wildman–Crippen LogP) is 0.630. The van der Waals surface area contributed by atoms with Gasteiger partial charge in [-0.2, -0.15) is 0 Å². The fourth-order valence-corrected chi connectivity index (χ4v) is 0.942. The van der Waals surface area contributed by atoms with Gasteiger partial charge in [-0.25, -0.2) is 14.8 Å². The third-order valence-corrected chi connectivity index (χ3v) is 1.50. The van der Waals surface area contributed by atoms with Crippen LogP contribution in [-0.4, -0.2) is 28.2 Å². The van der Waals surface area contributed by atoms with Crippen molar-refractivity contribution in [1.29, 1.82) is 0 Å². The quantitative estimate of drug-likeness (QED) is 0.742. The highest BCUT2D eigenvalue weighted by atomic mass is 16.5. The number of carboxylic acids is 1. The van der Waals surface area contributed by atoms with Crippen molar-refractivity contribution in [2.75, 3.05) is 7.11 Å². The summed E-state index contributed by atoms with van der Waals surface area (Å²) in [6, 6.07) is 0. The SMILES string of the molecule is COCc1nc(C)ncc1C(=O)O. The Morgan fingerprint density at radius 1 is 1.69 bits per heavy atom. The van der Waals surface area contributed by atoms with E-state index in [-0.39, 0.29) is 12.2 Å². The van der Waals surface area contributed by atoms with Crippen LogP contribution in [0.15, 0.2) is 6.20 Å². The number of aryl methyl sites for hydroxylation is 1. The zero-order valence-corrected chi connectivity index (χ0v) is 7.44. The molecule has 0 spiro atoms. The lowest BCUT2D eigenvalue weighted by atomic mass is 10.2. The Morgan fingerprint density at radius 2 is 2.38 bits per heavy atom. The van der Waals surface area contributed by atoms with Gasteiger partial charge >= 0.3 is 5.97 Å². The van der Waals surface area contributed by atoms with Crippen LogP contribution >= 0.6 is 0 Å². The first-order chi connectivity index (χ1) is 6.15. The molecule has 1 aromatic heterocycles. The molecule has 0 fully saturated rings. The minimum absolute atomic E-state index is 0.0902. The molecule has 0 amide bonds. The molecule has 0 aliphatic carbocycles. The van der Waals surface area contributed by atoms with Crippen LogP contribution in [0.4, 0.5) is 0 Å². The number of hydrogen-bond donors (Lipinski definition) is 1. The summed E-state index contributed by atoms with van der Waals surface area (Å²) in [7, 11) is 1.49. The number of carbonyl (C=O) groups is 1. The maximum atomic E-state index is 10.7. The van der Waals surface area contributed by atoms with Gasteiger partial charge in [-0.1, -0.05) is 0 Å². The highest BCUT2D eigenvalue weighted by Crippen LogP contribution is 2.06. The van der Waals surface area contributed by atoms with Gasteiger partial charge in [-0.05, 0) is 6.92 Å². The van der Waals surface area contributed by atoms with Gasteiger partial charge < -0.3 is 9.84 Å². The summed E-state index contributed by atoms with van der Waals surface area (Å²) in [6.07, 6.45) is 1.29. The molecule has 0 aliphatic heterocycles. The van der Waals surface area contributed by atoms with Crippen LogP contribution < -0.4 is 0 Å². The van der Waals surface area contributed by atoms with Crippen LogP contribution in [0.25, 0.3) is 0 Å². The molecule has 1 N–H and O–H groups in total. The number of ether oxygens (including phenoxy) is 1. The number of carboxylic acid groups (broad SMARTS) is 1. The summed E-state index contributed by atoms with van der Waals surface area (Å²) in [5.74, 6) is -0.496. The van der Waals surface area contributed by atoms with Crippen molar-refractivity contribution in [3.63, 3.8) is 0 Å². The molecule has 70 valence electrons. The van der Waals surface area contributed by atoms with Crippen molar-refractivity contribution in [3.8, 4) is 0 Å². The predicted molar refractivity (Wildman–Crippen MR) is 44.4 cm³/mol. The van der Waals surface area contributed by atoms with Gasteiger partial charge in [-0.15, -0.1) is 0 Å². The van der Waals surface area contributed by atoms with Gasteiger partial charge in [0.1, 0.15) is 11.4 Å². The van der Waals surface area contributed by atoms with Crippen molar-refractivity contribution >= 4 is 5.97 Å². The lowest BCUT2D eigenvalue weighted by molar-refractivity contribution is 0.0690. The maximum Gasteiger partial charge on any atom is 0.339 e. The highest BCUT2D eigenvalue weighted by molar-refractivity contribution is 5.88. The van der Waals surface area contributed by atoms with E-state index in [1.54, 1.807) is 6.92 Å². The second-order valence-corrected chi connectivity index (χ2v) is 2.52. The molecule has 0 radical (unpaired) electrons. The van der Waals surface area contributed by atoms with Crippen molar-refractivity contribution in [2.24, 2.45) is 0 Å². The third kappa shape index (κ3) is 2.22. The third-order valence-electron chi connectivity index (χ3n) is 1.50. The topological polar surface area (TPSA) is 72.3 Å². The Bertz CT molecular complexity index is 325. The van der Waals surface area contributed by atoms with E-state index in [1.165, 1.54) is 13.3 Å². The fraction of sp³-hybridized carbons (Fsp3) is 0.375. The van der Waals surface area contributed by atoms with Gasteiger partial charge in [-0.3, -0.25) is 0 Å². The molecule has 0 bridgehead atoms. The summed E-state index contributed by atoms with van der Waals surface area (Å²) in [6.45, 7) is 1.88. The first-order valence-electron chi connectivity index (χ1n) is 3.70. The van der Waals surface area contributed by atoms with E-state index in [1.807, 2.05) is 0 Å². The lowest BCUT2D eigenvalue weighted by Crippen LogP contribution is -2.08. The van der Waals surface area contributed by atoms with Gasteiger partial charge in [0.2, 0.25) is 0 Å². The fourth-order valence-electron chi connectivity index (χ4n) is 0.942. The summed E-state index contributed by atoms with van der Waals surface area (Å²) in [5, 5.41) is 8.75. The van der Waals surface area contributed by atoms with Gasteiger partial charge in [0.05, 0.1) is 12.3 Å². The van der Waals surface area contributed by atoms with Crippen LogP contribution in [0.5, 0.6) is 0 Å².